The van der Waals surface area contributed by atoms with Crippen molar-refractivity contribution in [1.82, 2.24) is 15.5 Å². The van der Waals surface area contributed by atoms with E-state index >= 15 is 0 Å². The highest BCUT2D eigenvalue weighted by Gasteiger charge is 2.24. The van der Waals surface area contributed by atoms with Crippen molar-refractivity contribution in [3.05, 3.63) is 21.9 Å². The molecule has 5 nitrogen and oxygen atoms in total. The summed E-state index contributed by atoms with van der Waals surface area (Å²) in [5, 5.41) is 9.00. The second-order valence-corrected chi connectivity index (χ2v) is 8.63. The Kier molecular flexibility index (Phi) is 7.72. The molecule has 0 saturated heterocycles. The molecule has 1 aliphatic rings. The molecule has 0 radical (unpaired) electrons. The second-order valence-electron chi connectivity index (χ2n) is 7.63. The summed E-state index contributed by atoms with van der Waals surface area (Å²) in [6, 6.07) is 2.27. The van der Waals surface area contributed by atoms with Gasteiger partial charge in [0.1, 0.15) is 0 Å². The van der Waals surface area contributed by atoms with Crippen molar-refractivity contribution in [2.24, 2.45) is 10.4 Å². The molecule has 0 aliphatic carbocycles. The highest BCUT2D eigenvalue weighted by molar-refractivity contribution is 7.10. The molecule has 0 aromatic carbocycles. The van der Waals surface area contributed by atoms with Crippen LogP contribution in [0, 0.1) is 5.41 Å². The number of nitrogens with one attached hydrogen (secondary N) is 2. The Labute approximate surface area is 156 Å². The van der Waals surface area contributed by atoms with Gasteiger partial charge in [-0.1, -0.05) is 20.8 Å². The molecule has 0 bridgehead atoms. The molecule has 0 fully saturated rings. The first kappa shape index (κ1) is 20.2. The SMILES string of the molecule is CCNC(=NCC(OC)C(C)(C)C)NCCN1CCc2sccc2C1. The number of hydrogen-bond donors (Lipinski definition) is 2. The minimum absolute atomic E-state index is 0.0849. The molecule has 1 aliphatic heterocycles. The quantitative estimate of drug-likeness (QED) is 0.575. The third-order valence-corrected chi connectivity index (χ3v) is 5.64. The average Bonchev–Trinajstić information content (AvgIpc) is 3.01. The summed E-state index contributed by atoms with van der Waals surface area (Å²) in [5.74, 6) is 0.877. The van der Waals surface area contributed by atoms with Crippen molar-refractivity contribution < 1.29 is 4.74 Å². The topological polar surface area (TPSA) is 48.9 Å². The fourth-order valence-corrected chi connectivity index (χ4v) is 3.94. The summed E-state index contributed by atoms with van der Waals surface area (Å²) in [5.41, 5.74) is 1.59. The first-order valence-electron chi connectivity index (χ1n) is 9.26. The fourth-order valence-electron chi connectivity index (χ4n) is 3.05. The van der Waals surface area contributed by atoms with Gasteiger partial charge in [0.2, 0.25) is 0 Å². The van der Waals surface area contributed by atoms with E-state index in [1.54, 1.807) is 12.0 Å². The first-order chi connectivity index (χ1) is 11.9. The van der Waals surface area contributed by atoms with Crippen LogP contribution in [0.3, 0.4) is 0 Å². The summed E-state index contributed by atoms with van der Waals surface area (Å²) < 4.78 is 5.60. The van der Waals surface area contributed by atoms with Gasteiger partial charge in [0, 0.05) is 44.7 Å². The Morgan fingerprint density at radius 1 is 1.40 bits per heavy atom. The van der Waals surface area contributed by atoms with Crippen LogP contribution in [0.25, 0.3) is 0 Å². The third-order valence-electron chi connectivity index (χ3n) is 4.62. The predicted octanol–water partition coefficient (Wildman–Crippen LogP) is 2.72. The van der Waals surface area contributed by atoms with Gasteiger partial charge in [-0.25, -0.2) is 0 Å². The number of guanidine groups is 1. The molecule has 1 aromatic heterocycles. The second kappa shape index (κ2) is 9.55. The molecule has 2 heterocycles. The van der Waals surface area contributed by atoms with Gasteiger partial charge in [-0.3, -0.25) is 9.89 Å². The van der Waals surface area contributed by atoms with Crippen LogP contribution in [0.4, 0.5) is 0 Å². The zero-order valence-electron chi connectivity index (χ0n) is 16.4. The molecule has 2 N–H and O–H groups in total. The van der Waals surface area contributed by atoms with Gasteiger partial charge >= 0.3 is 0 Å². The van der Waals surface area contributed by atoms with E-state index in [0.29, 0.717) is 6.54 Å². The number of methoxy groups -OCH3 is 1. The fraction of sp³-hybridized carbons (Fsp3) is 0.737. The van der Waals surface area contributed by atoms with Crippen molar-refractivity contribution in [3.8, 4) is 0 Å². The van der Waals surface area contributed by atoms with Gasteiger partial charge in [0.25, 0.3) is 0 Å². The lowest BCUT2D eigenvalue weighted by Crippen LogP contribution is -2.43. The van der Waals surface area contributed by atoms with E-state index < -0.39 is 0 Å². The van der Waals surface area contributed by atoms with Crippen LogP contribution >= 0.6 is 11.3 Å². The van der Waals surface area contributed by atoms with E-state index in [1.165, 1.54) is 12.0 Å². The Balaban J connectivity index is 1.80. The van der Waals surface area contributed by atoms with Crippen molar-refractivity contribution in [3.63, 3.8) is 0 Å². The van der Waals surface area contributed by atoms with Gasteiger partial charge in [-0.05, 0) is 35.8 Å². The lowest BCUT2D eigenvalue weighted by molar-refractivity contribution is 0.0241. The monoisotopic (exact) mass is 366 g/mol. The first-order valence-corrected chi connectivity index (χ1v) is 10.1. The summed E-state index contributed by atoms with van der Waals surface area (Å²) in [6.45, 7) is 14.3. The molecule has 0 spiro atoms. The lowest BCUT2D eigenvalue weighted by Gasteiger charge is -2.28. The van der Waals surface area contributed by atoms with Crippen LogP contribution < -0.4 is 10.6 Å². The van der Waals surface area contributed by atoms with Crippen molar-refractivity contribution >= 4 is 17.3 Å². The van der Waals surface area contributed by atoms with E-state index in [1.807, 2.05) is 11.3 Å². The molecule has 142 valence electrons. The number of aliphatic imine (C=N–C) groups is 1. The van der Waals surface area contributed by atoms with Gasteiger partial charge in [-0.2, -0.15) is 0 Å². The standard InChI is InChI=1S/C19H34N4OS/c1-6-20-18(22-13-17(24-5)19(2,3)4)21-9-11-23-10-7-16-15(14-23)8-12-25-16/h8,12,17H,6-7,9-11,13-14H2,1-5H3,(H2,20,21,22). The lowest BCUT2D eigenvalue weighted by atomic mass is 9.89. The molecule has 25 heavy (non-hydrogen) atoms. The van der Waals surface area contributed by atoms with Crippen molar-refractivity contribution in [2.45, 2.75) is 46.8 Å². The van der Waals surface area contributed by atoms with E-state index in [0.717, 1.165) is 38.7 Å². The number of fused-ring (bicyclic) bond motifs is 1. The summed E-state index contributed by atoms with van der Waals surface area (Å²) in [7, 11) is 1.76. The average molecular weight is 367 g/mol. The molecular formula is C19H34N4OS. The zero-order valence-corrected chi connectivity index (χ0v) is 17.2. The Hall–Kier alpha value is -1.11. The van der Waals surface area contributed by atoms with Gasteiger partial charge in [-0.15, -0.1) is 11.3 Å². The molecule has 0 amide bonds. The molecule has 1 aromatic rings. The smallest absolute Gasteiger partial charge is 0.191 e. The van der Waals surface area contributed by atoms with Crippen LogP contribution in [-0.4, -0.2) is 56.8 Å². The van der Waals surface area contributed by atoms with Crippen LogP contribution in [0.2, 0.25) is 0 Å². The third kappa shape index (κ3) is 6.28. The maximum Gasteiger partial charge on any atom is 0.191 e. The largest absolute Gasteiger partial charge is 0.379 e. The van der Waals surface area contributed by atoms with E-state index in [2.05, 4.69) is 54.7 Å². The van der Waals surface area contributed by atoms with E-state index in [9.17, 15) is 0 Å². The Morgan fingerprint density at radius 2 is 2.20 bits per heavy atom. The van der Waals surface area contributed by atoms with Crippen LogP contribution in [0.5, 0.6) is 0 Å². The minimum Gasteiger partial charge on any atom is -0.379 e. The van der Waals surface area contributed by atoms with Crippen LogP contribution in [0.15, 0.2) is 16.4 Å². The maximum absolute atomic E-state index is 5.60. The van der Waals surface area contributed by atoms with Crippen molar-refractivity contribution in [1.29, 1.82) is 0 Å². The van der Waals surface area contributed by atoms with E-state index in [-0.39, 0.29) is 11.5 Å². The van der Waals surface area contributed by atoms with E-state index in [4.69, 9.17) is 9.73 Å². The molecule has 1 atom stereocenters. The summed E-state index contributed by atoms with van der Waals surface area (Å²) >= 11 is 1.89. The zero-order chi connectivity index (χ0) is 18.3. The van der Waals surface area contributed by atoms with Gasteiger partial charge in [0.05, 0.1) is 12.6 Å². The Bertz CT molecular complexity index is 550. The molecular weight excluding hydrogens is 332 g/mol. The number of nitrogens with zero attached hydrogens (tertiary/aromatic N) is 2. The molecule has 2 rings (SSSR count). The maximum atomic E-state index is 5.60. The van der Waals surface area contributed by atoms with Crippen LogP contribution in [-0.2, 0) is 17.7 Å². The normalized spacial score (nSPS) is 17.2. The van der Waals surface area contributed by atoms with Crippen molar-refractivity contribution in [2.75, 3.05) is 39.8 Å². The highest BCUT2D eigenvalue weighted by Crippen LogP contribution is 2.23. The number of thiophene rings is 1. The summed E-state index contributed by atoms with van der Waals surface area (Å²) in [6.07, 6.45) is 1.30. The minimum atomic E-state index is 0.0849. The number of ether oxygens (including phenoxy) is 1. The molecule has 6 heteroatoms. The molecule has 0 saturated carbocycles. The van der Waals surface area contributed by atoms with Gasteiger partial charge < -0.3 is 15.4 Å². The molecule has 1 unspecified atom stereocenters. The Morgan fingerprint density at radius 3 is 2.88 bits per heavy atom. The summed E-state index contributed by atoms with van der Waals surface area (Å²) in [4.78, 5) is 8.79. The van der Waals surface area contributed by atoms with Crippen LogP contribution in [0.1, 0.15) is 38.1 Å². The predicted molar refractivity (Wildman–Crippen MR) is 108 cm³/mol. The number of rotatable bonds is 7. The highest BCUT2D eigenvalue weighted by atomic mass is 32.1. The van der Waals surface area contributed by atoms with Gasteiger partial charge in [0.15, 0.2) is 5.96 Å². The number of hydrogen-bond acceptors (Lipinski definition) is 4.